The molecule has 0 aliphatic carbocycles. The van der Waals surface area contributed by atoms with Crippen LogP contribution in [0.4, 0.5) is 13.2 Å². The van der Waals surface area contributed by atoms with Gasteiger partial charge >= 0.3 is 11.9 Å². The minimum absolute atomic E-state index is 0.495. The number of halogens is 3. The van der Waals surface area contributed by atoms with E-state index in [0.29, 0.717) is 10.8 Å². The molecule has 0 aliphatic heterocycles. The molecule has 0 saturated heterocycles. The van der Waals surface area contributed by atoms with Crippen molar-refractivity contribution in [2.75, 3.05) is 6.54 Å². The van der Waals surface area contributed by atoms with Crippen LogP contribution in [0.1, 0.15) is 0 Å². The van der Waals surface area contributed by atoms with E-state index in [1.165, 1.54) is 11.8 Å². The number of aromatic nitrogens is 2. The zero-order valence-corrected chi connectivity index (χ0v) is 11.7. The van der Waals surface area contributed by atoms with E-state index in [9.17, 15) is 31.2 Å². The lowest BCUT2D eigenvalue weighted by Gasteiger charge is -2.15. The number of hydrogen-bond acceptors (Lipinski definition) is 5. The number of aryl methyl sites for hydroxylation is 1. The topological polar surface area (TPSA) is 110 Å². The summed E-state index contributed by atoms with van der Waals surface area (Å²) in [6.07, 6.45) is -7.23. The normalized spacial score (nSPS) is 14.2. The number of nitrogens with one attached hydrogen (secondary N) is 1. The molecule has 1 unspecified atom stereocenters. The minimum Gasteiger partial charge on any atom is -0.382 e. The van der Waals surface area contributed by atoms with Gasteiger partial charge in [-0.15, -0.1) is 0 Å². The Morgan fingerprint density at radius 2 is 1.86 bits per heavy atom. The van der Waals surface area contributed by atoms with Gasteiger partial charge in [-0.3, -0.25) is 9.36 Å². The molecule has 0 aromatic carbocycles. The quantitative estimate of drug-likeness (QED) is 0.682. The van der Waals surface area contributed by atoms with Crippen LogP contribution in [0.2, 0.25) is 0 Å². The van der Waals surface area contributed by atoms with E-state index >= 15 is 0 Å². The molecule has 0 bridgehead atoms. The van der Waals surface area contributed by atoms with Gasteiger partial charge in [0.25, 0.3) is 5.56 Å². The molecule has 1 atom stereocenters. The minimum atomic E-state index is -5.00. The maximum absolute atomic E-state index is 12.1. The zero-order valence-electron chi connectivity index (χ0n) is 10.9. The molecule has 1 aromatic rings. The average molecular weight is 331 g/mol. The SMILES string of the molecule is Cn1cc(S(=O)(=O)NCC(O)C(F)(F)F)c(=O)n(C)c1=O. The smallest absolute Gasteiger partial charge is 0.382 e. The second-order valence-corrected chi connectivity index (χ2v) is 5.90. The molecule has 8 nitrogen and oxygen atoms in total. The Bertz CT molecular complexity index is 749. The van der Waals surface area contributed by atoms with Crippen molar-refractivity contribution in [2.24, 2.45) is 14.1 Å². The van der Waals surface area contributed by atoms with E-state index in [-0.39, 0.29) is 0 Å². The monoisotopic (exact) mass is 331 g/mol. The molecule has 1 rings (SSSR count). The highest BCUT2D eigenvalue weighted by molar-refractivity contribution is 7.89. The van der Waals surface area contributed by atoms with E-state index in [1.807, 2.05) is 0 Å². The first-order valence-corrected chi connectivity index (χ1v) is 6.87. The first-order valence-electron chi connectivity index (χ1n) is 5.39. The zero-order chi connectivity index (χ0) is 16.6. The molecule has 0 aliphatic rings. The van der Waals surface area contributed by atoms with Crippen LogP contribution in [0.5, 0.6) is 0 Å². The van der Waals surface area contributed by atoms with Gasteiger partial charge in [-0.25, -0.2) is 17.9 Å². The summed E-state index contributed by atoms with van der Waals surface area (Å²) in [6, 6.07) is 0. The summed E-state index contributed by atoms with van der Waals surface area (Å²) in [5.41, 5.74) is -1.98. The summed E-state index contributed by atoms with van der Waals surface area (Å²) in [5, 5.41) is 8.73. The van der Waals surface area contributed by atoms with Crippen molar-refractivity contribution in [1.29, 1.82) is 0 Å². The Morgan fingerprint density at radius 1 is 1.33 bits per heavy atom. The van der Waals surface area contributed by atoms with Crippen molar-refractivity contribution in [3.63, 3.8) is 0 Å². The van der Waals surface area contributed by atoms with Crippen molar-refractivity contribution in [2.45, 2.75) is 17.2 Å². The van der Waals surface area contributed by atoms with Gasteiger partial charge in [-0.1, -0.05) is 0 Å². The fourth-order valence-corrected chi connectivity index (χ4v) is 2.54. The number of aliphatic hydroxyl groups excluding tert-OH is 1. The Labute approximate surface area is 116 Å². The van der Waals surface area contributed by atoms with Crippen LogP contribution in [0.25, 0.3) is 0 Å². The molecule has 1 heterocycles. The van der Waals surface area contributed by atoms with Crippen molar-refractivity contribution in [3.8, 4) is 0 Å². The molecule has 120 valence electrons. The largest absolute Gasteiger partial charge is 0.415 e. The van der Waals surface area contributed by atoms with Crippen molar-refractivity contribution in [3.05, 3.63) is 27.0 Å². The van der Waals surface area contributed by atoms with Gasteiger partial charge in [0, 0.05) is 26.8 Å². The Kier molecular flexibility index (Phi) is 4.65. The van der Waals surface area contributed by atoms with E-state index in [4.69, 9.17) is 5.11 Å². The molecule has 2 N–H and O–H groups in total. The number of rotatable bonds is 4. The molecule has 0 radical (unpaired) electrons. The van der Waals surface area contributed by atoms with Gasteiger partial charge in [-0.05, 0) is 0 Å². The first-order chi connectivity index (χ1) is 9.38. The Morgan fingerprint density at radius 3 is 2.33 bits per heavy atom. The predicted octanol–water partition coefficient (Wildman–Crippen LogP) is -1.71. The Balaban J connectivity index is 3.17. The summed E-state index contributed by atoms with van der Waals surface area (Å²) >= 11 is 0. The van der Waals surface area contributed by atoms with E-state index < -0.39 is 45.0 Å². The fourth-order valence-electron chi connectivity index (χ4n) is 1.34. The molecule has 1 aromatic heterocycles. The molecule has 0 fully saturated rings. The van der Waals surface area contributed by atoms with E-state index in [2.05, 4.69) is 0 Å². The molecular formula is C9H12F3N3O5S. The highest BCUT2D eigenvalue weighted by Gasteiger charge is 2.39. The average Bonchev–Trinajstić information content (AvgIpc) is 2.36. The number of nitrogens with zero attached hydrogens (tertiary/aromatic N) is 2. The number of sulfonamides is 1. The van der Waals surface area contributed by atoms with Crippen LogP contribution in [0.15, 0.2) is 20.7 Å². The van der Waals surface area contributed by atoms with Crippen LogP contribution >= 0.6 is 0 Å². The molecular weight excluding hydrogens is 319 g/mol. The van der Waals surface area contributed by atoms with Crippen LogP contribution in [-0.4, -0.2) is 41.5 Å². The van der Waals surface area contributed by atoms with Crippen LogP contribution in [0.3, 0.4) is 0 Å². The predicted molar refractivity (Wildman–Crippen MR) is 64.2 cm³/mol. The summed E-state index contributed by atoms with van der Waals surface area (Å²) < 4.78 is 62.6. The lowest BCUT2D eigenvalue weighted by Crippen LogP contribution is -2.44. The summed E-state index contributed by atoms with van der Waals surface area (Å²) in [4.78, 5) is 22.2. The lowest BCUT2D eigenvalue weighted by atomic mass is 10.4. The number of hydrogen-bond donors (Lipinski definition) is 2. The van der Waals surface area contributed by atoms with Crippen molar-refractivity contribution in [1.82, 2.24) is 13.9 Å². The summed E-state index contributed by atoms with van der Waals surface area (Å²) in [5.74, 6) is 0. The molecule has 0 amide bonds. The third kappa shape index (κ3) is 3.71. The summed E-state index contributed by atoms with van der Waals surface area (Å²) in [6.45, 7) is -1.35. The van der Waals surface area contributed by atoms with E-state index in [1.54, 1.807) is 0 Å². The standard InChI is InChI=1S/C9H12F3N3O5S/c1-14-4-5(7(17)15(2)8(14)18)21(19,20)13-3-6(16)9(10,11)12/h4,6,13,16H,3H2,1-2H3. The van der Waals surface area contributed by atoms with Gasteiger partial charge < -0.3 is 9.67 Å². The molecule has 21 heavy (non-hydrogen) atoms. The number of alkyl halides is 3. The first kappa shape index (κ1) is 17.4. The van der Waals surface area contributed by atoms with Gasteiger partial charge in [0.05, 0.1) is 0 Å². The highest BCUT2D eigenvalue weighted by Crippen LogP contribution is 2.19. The van der Waals surface area contributed by atoms with Crippen LogP contribution in [-0.2, 0) is 24.1 Å². The van der Waals surface area contributed by atoms with E-state index in [0.717, 1.165) is 11.6 Å². The van der Waals surface area contributed by atoms with Crippen molar-refractivity contribution >= 4 is 10.0 Å². The maximum atomic E-state index is 12.1. The fraction of sp³-hybridized carbons (Fsp3) is 0.556. The van der Waals surface area contributed by atoms with Crippen LogP contribution < -0.4 is 16.0 Å². The third-order valence-corrected chi connectivity index (χ3v) is 3.95. The lowest BCUT2D eigenvalue weighted by molar-refractivity contribution is -0.200. The van der Waals surface area contributed by atoms with Crippen LogP contribution in [0, 0.1) is 0 Å². The van der Waals surface area contributed by atoms with Gasteiger partial charge in [-0.2, -0.15) is 13.2 Å². The Hall–Kier alpha value is -1.66. The second kappa shape index (κ2) is 5.61. The van der Waals surface area contributed by atoms with Gasteiger partial charge in [0.2, 0.25) is 10.0 Å². The molecule has 0 saturated carbocycles. The highest BCUT2D eigenvalue weighted by atomic mass is 32.2. The van der Waals surface area contributed by atoms with Crippen molar-refractivity contribution < 1.29 is 26.7 Å². The third-order valence-electron chi connectivity index (χ3n) is 2.55. The molecule has 12 heteroatoms. The molecule has 0 spiro atoms. The van der Waals surface area contributed by atoms with Gasteiger partial charge in [0.15, 0.2) is 11.0 Å². The van der Waals surface area contributed by atoms with Gasteiger partial charge in [0.1, 0.15) is 0 Å². The maximum Gasteiger partial charge on any atom is 0.415 e. The summed E-state index contributed by atoms with van der Waals surface area (Å²) in [7, 11) is -2.42. The number of aliphatic hydroxyl groups is 1. The second-order valence-electron chi connectivity index (χ2n) is 4.16.